The lowest BCUT2D eigenvalue weighted by Crippen LogP contribution is -1.88. The van der Waals surface area contributed by atoms with Crippen molar-refractivity contribution in [2.24, 2.45) is 9.98 Å². The van der Waals surface area contributed by atoms with Gasteiger partial charge in [0.25, 0.3) is 0 Å². The molecule has 0 heterocycles. The third-order valence-corrected chi connectivity index (χ3v) is 6.25. The number of phenolic OH excluding ortho intramolecular Hbond substituents is 2. The topological polar surface area (TPSA) is 65.2 Å². The van der Waals surface area contributed by atoms with Crippen LogP contribution in [0.1, 0.15) is 75.3 Å². The number of aliphatic imine (C=N–C) groups is 2. The standard InChI is InChI=1S/C26H34Br2N2O2/c27-23-11-13-25(31)21(17-23)19-29-15-9-7-5-3-1-2-4-6-8-10-16-30-20-22-18-24(28)12-14-26(22)32/h11-14,17-20,31-32H,1-10,15-16H2. The number of hydrogen-bond donors (Lipinski definition) is 2. The van der Waals surface area contributed by atoms with Gasteiger partial charge in [-0.05, 0) is 49.2 Å². The average molecular weight is 566 g/mol. The maximum Gasteiger partial charge on any atom is 0.124 e. The van der Waals surface area contributed by atoms with Gasteiger partial charge in [0.15, 0.2) is 0 Å². The summed E-state index contributed by atoms with van der Waals surface area (Å²) < 4.78 is 1.89. The smallest absolute Gasteiger partial charge is 0.124 e. The Morgan fingerprint density at radius 1 is 0.562 bits per heavy atom. The van der Waals surface area contributed by atoms with E-state index in [9.17, 15) is 10.2 Å². The number of aromatic hydroxyl groups is 2. The van der Waals surface area contributed by atoms with Crippen LogP contribution in [0.4, 0.5) is 0 Å². The molecule has 0 fully saturated rings. The van der Waals surface area contributed by atoms with Crippen LogP contribution in [0.2, 0.25) is 0 Å². The summed E-state index contributed by atoms with van der Waals surface area (Å²) in [6.45, 7) is 1.63. The molecule has 174 valence electrons. The van der Waals surface area contributed by atoms with Crippen LogP contribution in [-0.4, -0.2) is 35.7 Å². The summed E-state index contributed by atoms with van der Waals surface area (Å²) in [4.78, 5) is 8.86. The van der Waals surface area contributed by atoms with Crippen LogP contribution >= 0.6 is 31.9 Å². The third-order valence-electron chi connectivity index (χ3n) is 5.26. The first-order valence-corrected chi connectivity index (χ1v) is 13.1. The van der Waals surface area contributed by atoms with Gasteiger partial charge in [0.1, 0.15) is 11.5 Å². The van der Waals surface area contributed by atoms with E-state index in [0.29, 0.717) is 0 Å². The highest BCUT2D eigenvalue weighted by atomic mass is 79.9. The van der Waals surface area contributed by atoms with Crippen molar-refractivity contribution in [2.75, 3.05) is 13.1 Å². The molecule has 0 saturated carbocycles. The van der Waals surface area contributed by atoms with E-state index >= 15 is 0 Å². The Morgan fingerprint density at radius 3 is 1.28 bits per heavy atom. The van der Waals surface area contributed by atoms with E-state index in [4.69, 9.17) is 0 Å². The van der Waals surface area contributed by atoms with Crippen LogP contribution < -0.4 is 0 Å². The molecule has 0 unspecified atom stereocenters. The Bertz CT molecular complexity index is 797. The van der Waals surface area contributed by atoms with E-state index in [1.807, 2.05) is 24.3 Å². The van der Waals surface area contributed by atoms with Crippen molar-refractivity contribution in [3.8, 4) is 11.5 Å². The second-order valence-electron chi connectivity index (χ2n) is 8.01. The summed E-state index contributed by atoms with van der Waals surface area (Å²) in [6.07, 6.45) is 15.9. The monoisotopic (exact) mass is 564 g/mol. The Hall–Kier alpha value is -1.66. The van der Waals surface area contributed by atoms with Crippen molar-refractivity contribution in [1.82, 2.24) is 0 Å². The molecule has 0 aliphatic rings. The van der Waals surface area contributed by atoms with Gasteiger partial charge in [0.2, 0.25) is 0 Å². The normalized spacial score (nSPS) is 11.7. The summed E-state index contributed by atoms with van der Waals surface area (Å²) in [5.41, 5.74) is 1.52. The molecule has 2 N–H and O–H groups in total. The predicted molar refractivity (Wildman–Crippen MR) is 143 cm³/mol. The van der Waals surface area contributed by atoms with Crippen LogP contribution in [0.15, 0.2) is 55.3 Å². The van der Waals surface area contributed by atoms with E-state index < -0.39 is 0 Å². The van der Waals surface area contributed by atoms with Crippen LogP contribution in [-0.2, 0) is 0 Å². The fourth-order valence-corrected chi connectivity index (χ4v) is 4.16. The molecule has 32 heavy (non-hydrogen) atoms. The Balaban J connectivity index is 1.39. The van der Waals surface area contributed by atoms with Crippen LogP contribution in [0.3, 0.4) is 0 Å². The number of benzene rings is 2. The molecular formula is C26H34Br2N2O2. The van der Waals surface area contributed by atoms with Gasteiger partial charge in [-0.25, -0.2) is 0 Å². The highest BCUT2D eigenvalue weighted by Gasteiger charge is 1.99. The molecule has 0 radical (unpaired) electrons. The number of hydrogen-bond acceptors (Lipinski definition) is 4. The van der Waals surface area contributed by atoms with Gasteiger partial charge in [-0.15, -0.1) is 0 Å². The second kappa shape index (κ2) is 16.0. The lowest BCUT2D eigenvalue weighted by atomic mass is 10.1. The number of rotatable bonds is 15. The Morgan fingerprint density at radius 2 is 0.906 bits per heavy atom. The molecule has 0 bridgehead atoms. The lowest BCUT2D eigenvalue weighted by molar-refractivity contribution is 0.474. The molecular weight excluding hydrogens is 532 g/mol. The number of phenols is 2. The zero-order valence-electron chi connectivity index (χ0n) is 18.6. The maximum absolute atomic E-state index is 9.78. The minimum absolute atomic E-state index is 0.269. The Kier molecular flexibility index (Phi) is 13.3. The van der Waals surface area contributed by atoms with Crippen LogP contribution in [0.25, 0.3) is 0 Å². The SMILES string of the molecule is Oc1ccc(Br)cc1C=NCCCCCCCCCCCCN=Cc1cc(Br)ccc1O. The molecule has 0 aliphatic heterocycles. The number of halogens is 2. The molecule has 2 rings (SSSR count). The second-order valence-corrected chi connectivity index (χ2v) is 9.84. The maximum atomic E-state index is 9.78. The van der Waals surface area contributed by atoms with Gasteiger partial charge in [-0.3, -0.25) is 9.98 Å². The minimum atomic E-state index is 0.269. The van der Waals surface area contributed by atoms with Crippen molar-refractivity contribution in [1.29, 1.82) is 0 Å². The minimum Gasteiger partial charge on any atom is -0.507 e. The van der Waals surface area contributed by atoms with Crippen molar-refractivity contribution in [2.45, 2.75) is 64.2 Å². The molecule has 2 aromatic carbocycles. The highest BCUT2D eigenvalue weighted by molar-refractivity contribution is 9.10. The Labute approximate surface area is 209 Å². The third kappa shape index (κ3) is 11.3. The molecule has 0 aliphatic carbocycles. The molecule has 6 heteroatoms. The first-order chi connectivity index (χ1) is 15.6. The fourth-order valence-electron chi connectivity index (χ4n) is 3.40. The molecule has 0 aromatic heterocycles. The van der Waals surface area contributed by atoms with Gasteiger partial charge in [-0.1, -0.05) is 83.2 Å². The molecule has 2 aromatic rings. The van der Waals surface area contributed by atoms with Gasteiger partial charge in [-0.2, -0.15) is 0 Å². The fraction of sp³-hybridized carbons (Fsp3) is 0.462. The molecule has 4 nitrogen and oxygen atoms in total. The summed E-state index contributed by atoms with van der Waals surface area (Å²) >= 11 is 6.82. The summed E-state index contributed by atoms with van der Waals surface area (Å²) in [6, 6.07) is 10.7. The quantitative estimate of drug-likeness (QED) is 0.169. The van der Waals surface area contributed by atoms with Crippen LogP contribution in [0.5, 0.6) is 11.5 Å². The van der Waals surface area contributed by atoms with E-state index in [0.717, 1.165) is 46.0 Å². The molecule has 0 saturated heterocycles. The van der Waals surface area contributed by atoms with Gasteiger partial charge in [0.05, 0.1) is 0 Å². The lowest BCUT2D eigenvalue weighted by Gasteiger charge is -2.02. The van der Waals surface area contributed by atoms with Crippen molar-refractivity contribution >= 4 is 44.3 Å². The van der Waals surface area contributed by atoms with Gasteiger partial charge < -0.3 is 10.2 Å². The average Bonchev–Trinajstić information content (AvgIpc) is 2.78. The van der Waals surface area contributed by atoms with E-state index in [1.54, 1.807) is 24.6 Å². The van der Waals surface area contributed by atoms with Crippen molar-refractivity contribution in [3.05, 3.63) is 56.5 Å². The summed E-state index contributed by atoms with van der Waals surface area (Å²) in [5.74, 6) is 0.538. The van der Waals surface area contributed by atoms with Gasteiger partial charge in [0, 0.05) is 45.6 Å². The van der Waals surface area contributed by atoms with Crippen LogP contribution in [0, 0.1) is 0 Å². The summed E-state index contributed by atoms with van der Waals surface area (Å²) in [5, 5.41) is 19.6. The molecule has 0 spiro atoms. The summed E-state index contributed by atoms with van der Waals surface area (Å²) in [7, 11) is 0. The first-order valence-electron chi connectivity index (χ1n) is 11.5. The van der Waals surface area contributed by atoms with Crippen molar-refractivity contribution in [3.63, 3.8) is 0 Å². The predicted octanol–water partition coefficient (Wildman–Crippen LogP) is 8.06. The van der Waals surface area contributed by atoms with Crippen molar-refractivity contribution < 1.29 is 10.2 Å². The van der Waals surface area contributed by atoms with E-state index in [1.165, 1.54) is 51.4 Å². The number of nitrogens with zero attached hydrogens (tertiary/aromatic N) is 2. The van der Waals surface area contributed by atoms with E-state index in [2.05, 4.69) is 41.8 Å². The molecule has 0 atom stereocenters. The highest BCUT2D eigenvalue weighted by Crippen LogP contribution is 2.21. The largest absolute Gasteiger partial charge is 0.507 e. The zero-order chi connectivity index (χ0) is 23.0. The first kappa shape index (κ1) is 26.6. The number of unbranched alkanes of at least 4 members (excludes halogenated alkanes) is 9. The van der Waals surface area contributed by atoms with E-state index in [-0.39, 0.29) is 11.5 Å². The zero-order valence-corrected chi connectivity index (χ0v) is 21.8. The molecule has 0 amide bonds. The van der Waals surface area contributed by atoms with Gasteiger partial charge >= 0.3 is 0 Å².